The van der Waals surface area contributed by atoms with Crippen molar-refractivity contribution in [2.45, 2.75) is 0 Å². The minimum Gasteiger partial charge on any atom is -0.300 e. The molecule has 0 aliphatic heterocycles. The average molecular weight is 190 g/mol. The second-order valence-corrected chi connectivity index (χ2v) is 3.54. The fraction of sp³-hybridized carbons (Fsp3) is 0. The molecule has 66 valence electrons. The van der Waals surface area contributed by atoms with Gasteiger partial charge in [0.2, 0.25) is 0 Å². The molecule has 0 unspecified atom stereocenters. The average Bonchev–Trinajstić information content (AvgIpc) is 2.69. The first-order chi connectivity index (χ1) is 6.45. The van der Waals surface area contributed by atoms with E-state index >= 15 is 0 Å². The normalized spacial score (nSPS) is 9.54. The quantitative estimate of drug-likeness (QED) is 0.726. The van der Waals surface area contributed by atoms with Gasteiger partial charge in [0.05, 0.1) is 5.69 Å². The van der Waals surface area contributed by atoms with E-state index in [0.29, 0.717) is 0 Å². The van der Waals surface area contributed by atoms with E-state index in [0.717, 1.165) is 10.7 Å². The SMILES string of the molecule is c1ccc(NNc2cccs2)cc1. The van der Waals surface area contributed by atoms with Crippen molar-refractivity contribution in [1.82, 2.24) is 0 Å². The van der Waals surface area contributed by atoms with Gasteiger partial charge in [0.1, 0.15) is 5.00 Å². The highest BCUT2D eigenvalue weighted by atomic mass is 32.1. The highest BCUT2D eigenvalue weighted by molar-refractivity contribution is 7.14. The van der Waals surface area contributed by atoms with Crippen LogP contribution in [0.25, 0.3) is 0 Å². The van der Waals surface area contributed by atoms with E-state index in [9.17, 15) is 0 Å². The monoisotopic (exact) mass is 190 g/mol. The molecule has 2 rings (SSSR count). The van der Waals surface area contributed by atoms with Crippen molar-refractivity contribution >= 4 is 22.0 Å². The van der Waals surface area contributed by atoms with Crippen LogP contribution in [0, 0.1) is 0 Å². The predicted octanol–water partition coefficient (Wildman–Crippen LogP) is 3.19. The van der Waals surface area contributed by atoms with Gasteiger partial charge < -0.3 is 5.43 Å². The first-order valence-electron chi connectivity index (χ1n) is 4.06. The number of para-hydroxylation sites is 1. The Bertz CT molecular complexity index is 342. The van der Waals surface area contributed by atoms with Crippen molar-refractivity contribution in [2.75, 3.05) is 10.9 Å². The van der Waals surface area contributed by atoms with Crippen LogP contribution in [-0.2, 0) is 0 Å². The Kier molecular flexibility index (Phi) is 2.48. The summed E-state index contributed by atoms with van der Waals surface area (Å²) in [5.41, 5.74) is 7.28. The minimum absolute atomic E-state index is 1.07. The molecule has 0 spiro atoms. The summed E-state index contributed by atoms with van der Waals surface area (Å²) in [5.74, 6) is 0. The Morgan fingerprint density at radius 3 is 2.38 bits per heavy atom. The predicted molar refractivity (Wildman–Crippen MR) is 58.0 cm³/mol. The number of hydrogen-bond donors (Lipinski definition) is 2. The number of anilines is 2. The van der Waals surface area contributed by atoms with Gasteiger partial charge in [-0.3, -0.25) is 5.43 Å². The lowest BCUT2D eigenvalue weighted by molar-refractivity contribution is 1.45. The van der Waals surface area contributed by atoms with E-state index in [1.165, 1.54) is 0 Å². The van der Waals surface area contributed by atoms with Crippen molar-refractivity contribution in [3.05, 3.63) is 47.8 Å². The number of benzene rings is 1. The number of hydrogen-bond acceptors (Lipinski definition) is 3. The van der Waals surface area contributed by atoms with Crippen molar-refractivity contribution in [2.24, 2.45) is 0 Å². The van der Waals surface area contributed by atoms with Crippen LogP contribution < -0.4 is 10.9 Å². The fourth-order valence-corrected chi connectivity index (χ4v) is 1.58. The van der Waals surface area contributed by atoms with E-state index in [2.05, 4.69) is 10.9 Å². The smallest absolute Gasteiger partial charge is 0.107 e. The molecule has 1 aromatic heterocycles. The summed E-state index contributed by atoms with van der Waals surface area (Å²) in [7, 11) is 0. The molecule has 3 heteroatoms. The fourth-order valence-electron chi connectivity index (χ4n) is 1.00. The largest absolute Gasteiger partial charge is 0.300 e. The molecule has 0 aliphatic carbocycles. The Morgan fingerprint density at radius 2 is 1.69 bits per heavy atom. The number of hydrazine groups is 1. The summed E-state index contributed by atoms with van der Waals surface area (Å²) < 4.78 is 0. The van der Waals surface area contributed by atoms with Crippen LogP contribution in [-0.4, -0.2) is 0 Å². The molecule has 0 atom stereocenters. The van der Waals surface area contributed by atoms with E-state index in [1.807, 2.05) is 47.8 Å². The van der Waals surface area contributed by atoms with Crippen LogP contribution in [0.3, 0.4) is 0 Å². The van der Waals surface area contributed by atoms with Gasteiger partial charge >= 0.3 is 0 Å². The summed E-state index contributed by atoms with van der Waals surface area (Å²) in [5, 5.41) is 3.15. The Labute approximate surface area is 81.2 Å². The maximum Gasteiger partial charge on any atom is 0.107 e. The Balaban J connectivity index is 1.94. The third kappa shape index (κ3) is 2.23. The molecule has 13 heavy (non-hydrogen) atoms. The van der Waals surface area contributed by atoms with Gasteiger partial charge in [-0.25, -0.2) is 0 Å². The zero-order chi connectivity index (χ0) is 8.93. The zero-order valence-electron chi connectivity index (χ0n) is 7.03. The third-order valence-corrected chi connectivity index (χ3v) is 2.41. The van der Waals surface area contributed by atoms with Gasteiger partial charge in [-0.05, 0) is 29.6 Å². The Morgan fingerprint density at radius 1 is 0.846 bits per heavy atom. The first kappa shape index (κ1) is 8.13. The first-order valence-corrected chi connectivity index (χ1v) is 4.94. The maximum atomic E-state index is 3.11. The molecular formula is C10H10N2S. The van der Waals surface area contributed by atoms with Crippen LogP contribution in [0.15, 0.2) is 47.8 Å². The summed E-state index contributed by atoms with van der Waals surface area (Å²) >= 11 is 1.67. The van der Waals surface area contributed by atoms with Gasteiger partial charge in [0.15, 0.2) is 0 Å². The number of rotatable bonds is 3. The lowest BCUT2D eigenvalue weighted by Gasteiger charge is -2.06. The molecule has 0 fully saturated rings. The molecule has 0 saturated heterocycles. The highest BCUT2D eigenvalue weighted by Crippen LogP contribution is 2.15. The van der Waals surface area contributed by atoms with Gasteiger partial charge in [0.25, 0.3) is 0 Å². The molecule has 0 bridgehead atoms. The third-order valence-electron chi connectivity index (χ3n) is 1.63. The maximum absolute atomic E-state index is 3.11. The lowest BCUT2D eigenvalue weighted by Crippen LogP contribution is -2.06. The van der Waals surface area contributed by atoms with Crippen molar-refractivity contribution < 1.29 is 0 Å². The summed E-state index contributed by atoms with van der Waals surface area (Å²) in [6.45, 7) is 0. The topological polar surface area (TPSA) is 24.1 Å². The summed E-state index contributed by atoms with van der Waals surface area (Å²) in [6, 6.07) is 14.1. The van der Waals surface area contributed by atoms with E-state index in [-0.39, 0.29) is 0 Å². The number of nitrogens with one attached hydrogen (secondary N) is 2. The van der Waals surface area contributed by atoms with Crippen LogP contribution >= 0.6 is 11.3 Å². The van der Waals surface area contributed by atoms with Gasteiger partial charge in [-0.15, -0.1) is 11.3 Å². The Hall–Kier alpha value is -1.48. The van der Waals surface area contributed by atoms with Crippen molar-refractivity contribution in [3.63, 3.8) is 0 Å². The molecule has 0 amide bonds. The van der Waals surface area contributed by atoms with Gasteiger partial charge in [0, 0.05) is 0 Å². The molecule has 1 heterocycles. The zero-order valence-corrected chi connectivity index (χ0v) is 7.84. The molecule has 2 aromatic rings. The molecular weight excluding hydrogens is 180 g/mol. The summed E-state index contributed by atoms with van der Waals surface area (Å²) in [4.78, 5) is 0. The molecule has 0 radical (unpaired) electrons. The van der Waals surface area contributed by atoms with E-state index < -0.39 is 0 Å². The minimum atomic E-state index is 1.07. The standard InChI is InChI=1S/C10H10N2S/c1-2-5-9(6-3-1)11-12-10-7-4-8-13-10/h1-8,11-12H. The van der Waals surface area contributed by atoms with Crippen molar-refractivity contribution in [3.8, 4) is 0 Å². The van der Waals surface area contributed by atoms with Crippen LogP contribution in [0.4, 0.5) is 10.7 Å². The molecule has 2 nitrogen and oxygen atoms in total. The second kappa shape index (κ2) is 3.96. The molecule has 2 N–H and O–H groups in total. The molecule has 0 aliphatic rings. The van der Waals surface area contributed by atoms with E-state index in [4.69, 9.17) is 0 Å². The highest BCUT2D eigenvalue weighted by Gasteiger charge is 1.90. The second-order valence-electron chi connectivity index (χ2n) is 2.59. The van der Waals surface area contributed by atoms with E-state index in [1.54, 1.807) is 11.3 Å². The number of thiophene rings is 1. The van der Waals surface area contributed by atoms with Gasteiger partial charge in [-0.1, -0.05) is 18.2 Å². The lowest BCUT2D eigenvalue weighted by atomic mass is 10.3. The molecule has 1 aromatic carbocycles. The summed E-state index contributed by atoms with van der Waals surface area (Å²) in [6.07, 6.45) is 0. The van der Waals surface area contributed by atoms with Crippen LogP contribution in [0.5, 0.6) is 0 Å². The van der Waals surface area contributed by atoms with Crippen LogP contribution in [0.2, 0.25) is 0 Å². The van der Waals surface area contributed by atoms with Gasteiger partial charge in [-0.2, -0.15) is 0 Å². The van der Waals surface area contributed by atoms with Crippen molar-refractivity contribution in [1.29, 1.82) is 0 Å². The van der Waals surface area contributed by atoms with Crippen LogP contribution in [0.1, 0.15) is 0 Å². The molecule has 0 saturated carbocycles.